The summed E-state index contributed by atoms with van der Waals surface area (Å²) >= 11 is 0. The Labute approximate surface area is 182 Å². The molecule has 0 atom stereocenters. The number of benzene rings is 2. The summed E-state index contributed by atoms with van der Waals surface area (Å²) in [6, 6.07) is 19.5. The summed E-state index contributed by atoms with van der Waals surface area (Å²) in [5, 5.41) is 8.81. The van der Waals surface area contributed by atoms with Crippen molar-refractivity contribution >= 4 is 17.4 Å². The van der Waals surface area contributed by atoms with Gasteiger partial charge in [-0.25, -0.2) is 0 Å². The topological polar surface area (TPSA) is 61.8 Å². The second-order valence-corrected chi connectivity index (χ2v) is 7.73. The molecule has 31 heavy (non-hydrogen) atoms. The van der Waals surface area contributed by atoms with E-state index in [2.05, 4.69) is 15.1 Å². The fraction of sp³-hybridized carbons (Fsp3) is 0.292. The first-order valence-corrected chi connectivity index (χ1v) is 10.3. The third kappa shape index (κ3) is 4.60. The molecule has 4 rings (SSSR count). The maximum absolute atomic E-state index is 12.8. The van der Waals surface area contributed by atoms with Crippen LogP contribution in [0.25, 0.3) is 11.3 Å². The van der Waals surface area contributed by atoms with Gasteiger partial charge in [0.15, 0.2) is 5.82 Å². The van der Waals surface area contributed by atoms with E-state index in [0.29, 0.717) is 13.1 Å². The molecule has 7 heteroatoms. The van der Waals surface area contributed by atoms with Crippen LogP contribution in [0.2, 0.25) is 0 Å². The van der Waals surface area contributed by atoms with Crippen LogP contribution in [0.1, 0.15) is 10.4 Å². The normalized spacial score (nSPS) is 13.8. The highest BCUT2D eigenvalue weighted by Crippen LogP contribution is 2.23. The molecule has 0 aliphatic carbocycles. The lowest BCUT2D eigenvalue weighted by molar-refractivity contribution is 0.0746. The van der Waals surface area contributed by atoms with Gasteiger partial charge in [0.2, 0.25) is 0 Å². The fourth-order valence-electron chi connectivity index (χ4n) is 3.65. The molecule has 0 spiro atoms. The van der Waals surface area contributed by atoms with E-state index < -0.39 is 0 Å². The number of carbonyl (C=O) groups is 1. The monoisotopic (exact) mass is 417 g/mol. The highest BCUT2D eigenvalue weighted by molar-refractivity contribution is 5.94. The Balaban J connectivity index is 1.37. The fourth-order valence-corrected chi connectivity index (χ4v) is 3.65. The summed E-state index contributed by atoms with van der Waals surface area (Å²) in [6.45, 7) is 2.78. The highest BCUT2D eigenvalue weighted by atomic mass is 16.5. The molecule has 1 saturated heterocycles. The molecule has 1 aliphatic rings. The van der Waals surface area contributed by atoms with Crippen molar-refractivity contribution in [3.05, 3.63) is 66.2 Å². The molecule has 1 fully saturated rings. The molecule has 3 aromatic rings. The molecule has 160 valence electrons. The predicted octanol–water partition coefficient (Wildman–Crippen LogP) is 3.18. The molecule has 7 nitrogen and oxygen atoms in total. The van der Waals surface area contributed by atoms with Gasteiger partial charge in [-0.2, -0.15) is 0 Å². The van der Waals surface area contributed by atoms with Gasteiger partial charge in [-0.15, -0.1) is 10.2 Å². The highest BCUT2D eigenvalue weighted by Gasteiger charge is 2.23. The molecule has 1 aromatic heterocycles. The Morgan fingerprint density at radius 2 is 1.68 bits per heavy atom. The first-order chi connectivity index (χ1) is 15.0. The van der Waals surface area contributed by atoms with Crippen molar-refractivity contribution in [2.75, 3.05) is 57.2 Å². The minimum Gasteiger partial charge on any atom is -0.497 e. The summed E-state index contributed by atoms with van der Waals surface area (Å²) in [6.07, 6.45) is 0. The average Bonchev–Trinajstić information content (AvgIpc) is 2.84. The molecule has 0 bridgehead atoms. The smallest absolute Gasteiger partial charge is 0.253 e. The molecule has 0 saturated carbocycles. The third-order valence-electron chi connectivity index (χ3n) is 5.54. The first kappa shape index (κ1) is 20.7. The van der Waals surface area contributed by atoms with Crippen LogP contribution in [0.15, 0.2) is 60.7 Å². The lowest BCUT2D eigenvalue weighted by atomic mass is 10.1. The van der Waals surface area contributed by atoms with Gasteiger partial charge in [0.25, 0.3) is 5.91 Å². The lowest BCUT2D eigenvalue weighted by Gasteiger charge is -2.35. The Kier molecular flexibility index (Phi) is 6.02. The molecule has 2 aromatic carbocycles. The van der Waals surface area contributed by atoms with Crippen molar-refractivity contribution in [3.8, 4) is 17.0 Å². The molecule has 0 N–H and O–H groups in total. The van der Waals surface area contributed by atoms with Crippen LogP contribution in [0, 0.1) is 0 Å². The van der Waals surface area contributed by atoms with Gasteiger partial charge in [0.05, 0.1) is 12.8 Å². The summed E-state index contributed by atoms with van der Waals surface area (Å²) in [7, 11) is 5.63. The zero-order chi connectivity index (χ0) is 21.8. The van der Waals surface area contributed by atoms with E-state index in [0.717, 1.165) is 47.2 Å². The third-order valence-corrected chi connectivity index (χ3v) is 5.54. The van der Waals surface area contributed by atoms with Gasteiger partial charge in [-0.1, -0.05) is 12.1 Å². The van der Waals surface area contributed by atoms with Crippen LogP contribution in [-0.4, -0.2) is 68.4 Å². The number of carbonyl (C=O) groups excluding carboxylic acids is 1. The van der Waals surface area contributed by atoms with Crippen molar-refractivity contribution < 1.29 is 9.53 Å². The van der Waals surface area contributed by atoms with Gasteiger partial charge in [0, 0.05) is 57.1 Å². The van der Waals surface area contributed by atoms with Crippen molar-refractivity contribution in [3.63, 3.8) is 0 Å². The number of rotatable bonds is 5. The van der Waals surface area contributed by atoms with Gasteiger partial charge in [-0.05, 0) is 48.5 Å². The van der Waals surface area contributed by atoms with Crippen molar-refractivity contribution in [2.24, 2.45) is 0 Å². The Hall–Kier alpha value is -3.61. The van der Waals surface area contributed by atoms with Crippen LogP contribution in [0.3, 0.4) is 0 Å². The van der Waals surface area contributed by atoms with Crippen LogP contribution in [0.4, 0.5) is 11.5 Å². The van der Waals surface area contributed by atoms with Crippen LogP contribution in [0.5, 0.6) is 5.75 Å². The molecule has 1 amide bonds. The molecular weight excluding hydrogens is 390 g/mol. The van der Waals surface area contributed by atoms with Crippen LogP contribution in [-0.2, 0) is 0 Å². The SMILES string of the molecule is COc1cccc(-c2ccc(N3CCN(C(=O)c4ccc(N(C)C)cc4)CC3)nn2)c1. The Bertz CT molecular complexity index is 1030. The van der Waals surface area contributed by atoms with Gasteiger partial charge in [0.1, 0.15) is 5.75 Å². The van der Waals surface area contributed by atoms with E-state index in [1.807, 2.05) is 84.6 Å². The van der Waals surface area contributed by atoms with Crippen molar-refractivity contribution in [1.82, 2.24) is 15.1 Å². The van der Waals surface area contributed by atoms with Crippen molar-refractivity contribution in [2.45, 2.75) is 0 Å². The summed E-state index contributed by atoms with van der Waals surface area (Å²) in [5.74, 6) is 1.69. The molecule has 0 radical (unpaired) electrons. The number of piperazine rings is 1. The number of nitrogens with zero attached hydrogens (tertiary/aromatic N) is 5. The number of anilines is 2. The van der Waals surface area contributed by atoms with Gasteiger partial charge < -0.3 is 19.4 Å². The van der Waals surface area contributed by atoms with Gasteiger partial charge >= 0.3 is 0 Å². The first-order valence-electron chi connectivity index (χ1n) is 10.3. The Morgan fingerprint density at radius 3 is 2.29 bits per heavy atom. The standard InChI is InChI=1S/C24H27N5O2/c1-27(2)20-9-7-18(8-10-20)24(30)29-15-13-28(14-16-29)23-12-11-22(25-26-23)19-5-4-6-21(17-19)31-3/h4-12,17H,13-16H2,1-3H3. The van der Waals surface area contributed by atoms with E-state index in [1.165, 1.54) is 0 Å². The minimum absolute atomic E-state index is 0.0735. The molecule has 0 unspecified atom stereocenters. The van der Waals surface area contributed by atoms with E-state index in [4.69, 9.17) is 4.74 Å². The molecular formula is C24H27N5O2. The van der Waals surface area contributed by atoms with E-state index in [1.54, 1.807) is 7.11 Å². The average molecular weight is 418 g/mol. The predicted molar refractivity (Wildman–Crippen MR) is 123 cm³/mol. The maximum Gasteiger partial charge on any atom is 0.253 e. The zero-order valence-electron chi connectivity index (χ0n) is 18.2. The van der Waals surface area contributed by atoms with Gasteiger partial charge in [-0.3, -0.25) is 4.79 Å². The number of methoxy groups -OCH3 is 1. The largest absolute Gasteiger partial charge is 0.497 e. The zero-order valence-corrected chi connectivity index (χ0v) is 18.2. The molecule has 1 aliphatic heterocycles. The van der Waals surface area contributed by atoms with E-state index in [-0.39, 0.29) is 5.91 Å². The molecule has 2 heterocycles. The number of amides is 1. The summed E-state index contributed by atoms with van der Waals surface area (Å²) in [5.41, 5.74) is 3.57. The van der Waals surface area contributed by atoms with E-state index in [9.17, 15) is 4.79 Å². The quantitative estimate of drug-likeness (QED) is 0.636. The maximum atomic E-state index is 12.8. The summed E-state index contributed by atoms with van der Waals surface area (Å²) < 4.78 is 5.28. The van der Waals surface area contributed by atoms with Crippen molar-refractivity contribution in [1.29, 1.82) is 0 Å². The summed E-state index contributed by atoms with van der Waals surface area (Å²) in [4.78, 5) is 18.9. The van der Waals surface area contributed by atoms with Crippen LogP contribution >= 0.6 is 0 Å². The second kappa shape index (κ2) is 9.04. The van der Waals surface area contributed by atoms with E-state index >= 15 is 0 Å². The minimum atomic E-state index is 0.0735. The number of ether oxygens (including phenoxy) is 1. The number of hydrogen-bond acceptors (Lipinski definition) is 6. The Morgan fingerprint density at radius 1 is 0.935 bits per heavy atom. The lowest BCUT2D eigenvalue weighted by Crippen LogP contribution is -2.49. The number of aromatic nitrogens is 2. The van der Waals surface area contributed by atoms with Crippen LogP contribution < -0.4 is 14.5 Å². The second-order valence-electron chi connectivity index (χ2n) is 7.73. The number of hydrogen-bond donors (Lipinski definition) is 0.